The van der Waals surface area contributed by atoms with Crippen LogP contribution < -0.4 is 4.74 Å². The Kier molecular flexibility index (Phi) is 5.98. The SMILES string of the molecule is CCOC(=O)CC(O)C(O)c1ccccc1OC(F)(F)F. The second kappa shape index (κ2) is 7.28. The third-order valence-electron chi connectivity index (χ3n) is 2.51. The molecule has 5 nitrogen and oxygen atoms in total. The Hall–Kier alpha value is -1.80. The van der Waals surface area contributed by atoms with E-state index in [0.717, 1.165) is 6.07 Å². The average Bonchev–Trinajstić information content (AvgIpc) is 2.36. The molecule has 2 N–H and O–H groups in total. The van der Waals surface area contributed by atoms with Crippen LogP contribution in [0.3, 0.4) is 0 Å². The van der Waals surface area contributed by atoms with E-state index in [1.807, 2.05) is 0 Å². The van der Waals surface area contributed by atoms with Gasteiger partial charge in [0.05, 0.1) is 19.1 Å². The summed E-state index contributed by atoms with van der Waals surface area (Å²) in [4.78, 5) is 11.2. The summed E-state index contributed by atoms with van der Waals surface area (Å²) in [6, 6.07) is 4.83. The van der Waals surface area contributed by atoms with Gasteiger partial charge in [-0.1, -0.05) is 18.2 Å². The third-order valence-corrected chi connectivity index (χ3v) is 2.51. The number of rotatable bonds is 6. The van der Waals surface area contributed by atoms with Gasteiger partial charge in [-0.2, -0.15) is 0 Å². The van der Waals surface area contributed by atoms with E-state index in [1.54, 1.807) is 6.92 Å². The van der Waals surface area contributed by atoms with Gasteiger partial charge in [0.15, 0.2) is 0 Å². The molecule has 1 rings (SSSR count). The predicted molar refractivity (Wildman–Crippen MR) is 65.3 cm³/mol. The largest absolute Gasteiger partial charge is 0.573 e. The molecule has 0 radical (unpaired) electrons. The summed E-state index contributed by atoms with van der Waals surface area (Å²) in [5.41, 5.74) is -0.272. The molecule has 0 heterocycles. The summed E-state index contributed by atoms with van der Waals surface area (Å²) >= 11 is 0. The van der Waals surface area contributed by atoms with Crippen molar-refractivity contribution < 1.29 is 37.7 Å². The number of hydrogen-bond donors (Lipinski definition) is 2. The number of alkyl halides is 3. The van der Waals surface area contributed by atoms with Crippen LogP contribution in [-0.2, 0) is 9.53 Å². The lowest BCUT2D eigenvalue weighted by atomic mass is 10.0. The lowest BCUT2D eigenvalue weighted by molar-refractivity contribution is -0.275. The molecule has 0 aromatic heterocycles. The van der Waals surface area contributed by atoms with Crippen molar-refractivity contribution in [3.63, 3.8) is 0 Å². The van der Waals surface area contributed by atoms with Gasteiger partial charge >= 0.3 is 12.3 Å². The van der Waals surface area contributed by atoms with Gasteiger partial charge in [0.2, 0.25) is 0 Å². The summed E-state index contributed by atoms with van der Waals surface area (Å²) in [6.07, 6.45) is -8.80. The fraction of sp³-hybridized carbons (Fsp3) is 0.462. The number of ether oxygens (including phenoxy) is 2. The average molecular weight is 308 g/mol. The van der Waals surface area contributed by atoms with E-state index in [-0.39, 0.29) is 12.2 Å². The van der Waals surface area contributed by atoms with Crippen LogP contribution in [0.15, 0.2) is 24.3 Å². The minimum atomic E-state index is -4.93. The van der Waals surface area contributed by atoms with Crippen LogP contribution >= 0.6 is 0 Å². The highest BCUT2D eigenvalue weighted by molar-refractivity contribution is 5.70. The van der Waals surface area contributed by atoms with Gasteiger partial charge in [0, 0.05) is 5.56 Å². The zero-order valence-electron chi connectivity index (χ0n) is 11.1. The normalized spacial score (nSPS) is 14.4. The minimum Gasteiger partial charge on any atom is -0.466 e. The number of carbonyl (C=O) groups excluding carboxylic acids is 1. The molecule has 1 aromatic rings. The van der Waals surface area contributed by atoms with Gasteiger partial charge in [0.1, 0.15) is 11.9 Å². The monoisotopic (exact) mass is 308 g/mol. The molecule has 0 aliphatic heterocycles. The molecule has 0 saturated carbocycles. The number of benzene rings is 1. The Labute approximate surface area is 118 Å². The van der Waals surface area contributed by atoms with Crippen LogP contribution in [0.2, 0.25) is 0 Å². The Morgan fingerprint density at radius 3 is 2.48 bits per heavy atom. The summed E-state index contributed by atoms with van der Waals surface area (Å²) in [5.74, 6) is -1.40. The van der Waals surface area contributed by atoms with E-state index < -0.39 is 36.7 Å². The Morgan fingerprint density at radius 2 is 1.90 bits per heavy atom. The molecule has 2 unspecified atom stereocenters. The van der Waals surface area contributed by atoms with Crippen molar-refractivity contribution in [3.8, 4) is 5.75 Å². The number of aliphatic hydroxyl groups excluding tert-OH is 2. The standard InChI is InChI=1S/C13H15F3O5/c1-2-20-11(18)7-9(17)12(19)8-5-3-4-6-10(8)21-13(14,15)16/h3-6,9,12,17,19H,2,7H2,1H3. The molecule has 118 valence electrons. The highest BCUT2D eigenvalue weighted by Gasteiger charge is 2.34. The molecular weight excluding hydrogens is 293 g/mol. The highest BCUT2D eigenvalue weighted by Crippen LogP contribution is 2.32. The Balaban J connectivity index is 2.86. The number of halogens is 3. The second-order valence-electron chi connectivity index (χ2n) is 4.11. The predicted octanol–water partition coefficient (Wildman–Crippen LogP) is 1.93. The number of aliphatic hydroxyl groups is 2. The maximum absolute atomic E-state index is 12.3. The molecule has 0 bridgehead atoms. The molecule has 2 atom stereocenters. The molecule has 0 fully saturated rings. The molecule has 0 aliphatic carbocycles. The van der Waals surface area contributed by atoms with Gasteiger partial charge < -0.3 is 19.7 Å². The third kappa shape index (κ3) is 5.60. The quantitative estimate of drug-likeness (QED) is 0.785. The number of hydrogen-bond acceptors (Lipinski definition) is 5. The molecule has 1 aromatic carbocycles. The molecule has 21 heavy (non-hydrogen) atoms. The molecular formula is C13H15F3O5. The zero-order chi connectivity index (χ0) is 16.0. The summed E-state index contributed by atoms with van der Waals surface area (Å²) in [6.45, 7) is 1.66. The van der Waals surface area contributed by atoms with E-state index in [9.17, 15) is 28.2 Å². The maximum Gasteiger partial charge on any atom is 0.573 e. The van der Waals surface area contributed by atoms with Crippen LogP contribution in [0.5, 0.6) is 5.75 Å². The topological polar surface area (TPSA) is 76.0 Å². The van der Waals surface area contributed by atoms with Crippen LogP contribution in [0.25, 0.3) is 0 Å². The first kappa shape index (κ1) is 17.3. The lowest BCUT2D eigenvalue weighted by Crippen LogP contribution is -2.25. The van der Waals surface area contributed by atoms with Crippen molar-refractivity contribution in [3.05, 3.63) is 29.8 Å². The van der Waals surface area contributed by atoms with Crippen molar-refractivity contribution in [1.29, 1.82) is 0 Å². The first-order valence-electron chi connectivity index (χ1n) is 6.11. The first-order valence-corrected chi connectivity index (χ1v) is 6.11. The van der Waals surface area contributed by atoms with E-state index in [4.69, 9.17) is 0 Å². The molecule has 0 amide bonds. The highest BCUT2D eigenvalue weighted by atomic mass is 19.4. The minimum absolute atomic E-state index is 0.0927. The smallest absolute Gasteiger partial charge is 0.466 e. The summed E-state index contributed by atoms with van der Waals surface area (Å²) < 4.78 is 45.1. The Bertz CT molecular complexity index is 475. The maximum atomic E-state index is 12.3. The van der Waals surface area contributed by atoms with Crippen molar-refractivity contribution >= 4 is 5.97 Å². The molecule has 0 aliphatic rings. The first-order chi connectivity index (χ1) is 9.74. The van der Waals surface area contributed by atoms with Gasteiger partial charge in [-0.15, -0.1) is 13.2 Å². The molecule has 0 saturated heterocycles. The Morgan fingerprint density at radius 1 is 1.29 bits per heavy atom. The van der Waals surface area contributed by atoms with Crippen LogP contribution in [-0.4, -0.2) is 35.3 Å². The van der Waals surface area contributed by atoms with E-state index in [1.165, 1.54) is 18.2 Å². The van der Waals surface area contributed by atoms with E-state index in [2.05, 4.69) is 9.47 Å². The fourth-order valence-corrected chi connectivity index (χ4v) is 1.65. The second-order valence-corrected chi connectivity index (χ2v) is 4.11. The fourth-order valence-electron chi connectivity index (χ4n) is 1.65. The van der Waals surface area contributed by atoms with Crippen molar-refractivity contribution in [2.24, 2.45) is 0 Å². The van der Waals surface area contributed by atoms with Crippen molar-refractivity contribution in [1.82, 2.24) is 0 Å². The van der Waals surface area contributed by atoms with Gasteiger partial charge in [-0.05, 0) is 13.0 Å². The zero-order valence-corrected chi connectivity index (χ0v) is 11.1. The van der Waals surface area contributed by atoms with Gasteiger partial charge in [-0.25, -0.2) is 0 Å². The van der Waals surface area contributed by atoms with Crippen LogP contribution in [0.4, 0.5) is 13.2 Å². The van der Waals surface area contributed by atoms with Gasteiger partial charge in [-0.3, -0.25) is 4.79 Å². The number of esters is 1. The summed E-state index contributed by atoms with van der Waals surface area (Å²) in [7, 11) is 0. The van der Waals surface area contributed by atoms with E-state index in [0.29, 0.717) is 0 Å². The van der Waals surface area contributed by atoms with Crippen LogP contribution in [0.1, 0.15) is 25.0 Å². The number of para-hydroxylation sites is 1. The molecule has 8 heteroatoms. The molecule has 0 spiro atoms. The number of carbonyl (C=O) groups is 1. The summed E-state index contributed by atoms with van der Waals surface area (Å²) in [5, 5.41) is 19.6. The van der Waals surface area contributed by atoms with Crippen molar-refractivity contribution in [2.45, 2.75) is 31.9 Å². The van der Waals surface area contributed by atoms with Gasteiger partial charge in [0.25, 0.3) is 0 Å². The van der Waals surface area contributed by atoms with Crippen molar-refractivity contribution in [2.75, 3.05) is 6.61 Å². The van der Waals surface area contributed by atoms with E-state index >= 15 is 0 Å². The van der Waals surface area contributed by atoms with Crippen LogP contribution in [0, 0.1) is 0 Å². The lowest BCUT2D eigenvalue weighted by Gasteiger charge is -2.20.